The number of amides is 1. The minimum atomic E-state index is -3.67. The van der Waals surface area contributed by atoms with Crippen molar-refractivity contribution >= 4 is 27.4 Å². The summed E-state index contributed by atoms with van der Waals surface area (Å²) in [5, 5.41) is 2.87. The van der Waals surface area contributed by atoms with Gasteiger partial charge >= 0.3 is 0 Å². The first-order valence-corrected chi connectivity index (χ1v) is 12.0. The van der Waals surface area contributed by atoms with Gasteiger partial charge in [-0.2, -0.15) is 4.31 Å². The second kappa shape index (κ2) is 10.3. The van der Waals surface area contributed by atoms with Gasteiger partial charge in [-0.1, -0.05) is 12.1 Å². The summed E-state index contributed by atoms with van der Waals surface area (Å²) in [6, 6.07) is 10.6. The Balaban J connectivity index is 1.62. The summed E-state index contributed by atoms with van der Waals surface area (Å²) >= 11 is 0. The summed E-state index contributed by atoms with van der Waals surface area (Å²) in [6.07, 6.45) is 0. The van der Waals surface area contributed by atoms with Gasteiger partial charge in [0.05, 0.1) is 25.2 Å². The van der Waals surface area contributed by atoms with E-state index in [9.17, 15) is 18.0 Å². The normalized spacial score (nSPS) is 16.1. The molecule has 178 valence electrons. The Bertz CT molecular complexity index is 1090. The third-order valence-corrected chi connectivity index (χ3v) is 7.63. The van der Waals surface area contributed by atoms with Gasteiger partial charge in [0.1, 0.15) is 11.5 Å². The van der Waals surface area contributed by atoms with Gasteiger partial charge in [-0.15, -0.1) is 0 Å². The first kappa shape index (κ1) is 24.7. The van der Waals surface area contributed by atoms with Gasteiger partial charge in [0, 0.05) is 55.6 Å². The van der Waals surface area contributed by atoms with Crippen molar-refractivity contribution in [3.05, 3.63) is 48.0 Å². The van der Waals surface area contributed by atoms with E-state index in [4.69, 9.17) is 9.47 Å². The molecule has 0 aromatic heterocycles. The largest absolute Gasteiger partial charge is 0.497 e. The number of carbonyl (C=O) groups excluding carboxylic acids is 2. The zero-order chi connectivity index (χ0) is 24.2. The van der Waals surface area contributed by atoms with Gasteiger partial charge in [-0.3, -0.25) is 14.5 Å². The van der Waals surface area contributed by atoms with E-state index in [2.05, 4.69) is 5.32 Å². The number of anilines is 1. The predicted octanol–water partition coefficient (Wildman–Crippen LogP) is 2.24. The van der Waals surface area contributed by atoms with Gasteiger partial charge in [-0.25, -0.2) is 8.42 Å². The molecule has 1 aliphatic rings. The van der Waals surface area contributed by atoms with Crippen molar-refractivity contribution < 1.29 is 27.5 Å². The van der Waals surface area contributed by atoms with Crippen LogP contribution in [0.3, 0.4) is 0 Å². The van der Waals surface area contributed by atoms with E-state index in [1.54, 1.807) is 25.1 Å². The Morgan fingerprint density at radius 3 is 1.97 bits per heavy atom. The molecule has 2 aromatic rings. The number of piperazine rings is 1. The number of ketones is 1. The summed E-state index contributed by atoms with van der Waals surface area (Å²) in [6.45, 7) is 4.59. The molecule has 3 rings (SSSR count). The molecular formula is C23H29N3O6S. The quantitative estimate of drug-likeness (QED) is 0.584. The second-order valence-corrected chi connectivity index (χ2v) is 9.73. The van der Waals surface area contributed by atoms with Crippen molar-refractivity contribution in [3.63, 3.8) is 0 Å². The lowest BCUT2D eigenvalue weighted by atomic mass is 10.2. The molecule has 1 saturated heterocycles. The lowest BCUT2D eigenvalue weighted by Gasteiger charge is -2.36. The maximum atomic E-state index is 13.0. The first-order valence-electron chi connectivity index (χ1n) is 10.5. The summed E-state index contributed by atoms with van der Waals surface area (Å²) in [5.74, 6) is 0.800. The molecule has 0 radical (unpaired) electrons. The highest BCUT2D eigenvalue weighted by molar-refractivity contribution is 7.89. The molecule has 10 heteroatoms. The van der Waals surface area contributed by atoms with Crippen LogP contribution in [-0.2, 0) is 14.8 Å². The van der Waals surface area contributed by atoms with Crippen molar-refractivity contribution in [2.75, 3.05) is 45.7 Å². The number of nitrogens with zero attached hydrogens (tertiary/aromatic N) is 2. The Hall–Kier alpha value is -2.95. The van der Waals surface area contributed by atoms with Crippen LogP contribution in [0.4, 0.5) is 5.69 Å². The Morgan fingerprint density at radius 2 is 1.48 bits per heavy atom. The van der Waals surface area contributed by atoms with Crippen LogP contribution in [0.2, 0.25) is 0 Å². The van der Waals surface area contributed by atoms with Gasteiger partial charge in [0.2, 0.25) is 15.9 Å². The Labute approximate surface area is 194 Å². The smallest absolute Gasteiger partial charge is 0.243 e. The number of nitrogens with one attached hydrogen (secondary N) is 1. The maximum absolute atomic E-state index is 13.0. The number of rotatable bonds is 8. The molecular weight excluding hydrogens is 446 g/mol. The van der Waals surface area contributed by atoms with E-state index in [0.29, 0.717) is 35.8 Å². The zero-order valence-corrected chi connectivity index (χ0v) is 20.0. The molecule has 0 aliphatic carbocycles. The number of hydrogen-bond acceptors (Lipinski definition) is 7. The fraction of sp³-hybridized carbons (Fsp3) is 0.391. The van der Waals surface area contributed by atoms with E-state index < -0.39 is 16.1 Å². The number of methoxy groups -OCH3 is 2. The van der Waals surface area contributed by atoms with E-state index >= 15 is 0 Å². The third kappa shape index (κ3) is 5.70. The minimum absolute atomic E-state index is 0.118. The van der Waals surface area contributed by atoms with Crippen LogP contribution in [0.5, 0.6) is 11.5 Å². The van der Waals surface area contributed by atoms with Gasteiger partial charge < -0.3 is 14.8 Å². The lowest BCUT2D eigenvalue weighted by Crippen LogP contribution is -2.53. The molecule has 1 fully saturated rings. The van der Waals surface area contributed by atoms with Crippen LogP contribution in [0.25, 0.3) is 0 Å². The minimum Gasteiger partial charge on any atom is -0.497 e. The fourth-order valence-corrected chi connectivity index (χ4v) is 5.06. The molecule has 0 bridgehead atoms. The molecule has 1 atom stereocenters. The summed E-state index contributed by atoms with van der Waals surface area (Å²) in [5.41, 5.74) is 1.02. The van der Waals surface area contributed by atoms with Crippen molar-refractivity contribution in [2.45, 2.75) is 24.8 Å². The van der Waals surface area contributed by atoms with Crippen LogP contribution < -0.4 is 14.8 Å². The summed E-state index contributed by atoms with van der Waals surface area (Å²) in [4.78, 5) is 26.3. The molecule has 2 aromatic carbocycles. The van der Waals surface area contributed by atoms with E-state index in [1.165, 1.54) is 49.7 Å². The van der Waals surface area contributed by atoms with Crippen molar-refractivity contribution in [1.29, 1.82) is 0 Å². The second-order valence-electron chi connectivity index (χ2n) is 7.79. The van der Waals surface area contributed by atoms with Crippen molar-refractivity contribution in [3.8, 4) is 11.5 Å². The number of Topliss-reactive ketones (excluding diaryl/α,β-unsaturated/α-hetero) is 1. The highest BCUT2D eigenvalue weighted by Crippen LogP contribution is 2.26. The van der Waals surface area contributed by atoms with Crippen LogP contribution in [-0.4, -0.2) is 75.8 Å². The third-order valence-electron chi connectivity index (χ3n) is 5.72. The highest BCUT2D eigenvalue weighted by Gasteiger charge is 2.32. The van der Waals surface area contributed by atoms with Crippen LogP contribution in [0.1, 0.15) is 24.2 Å². The molecule has 0 saturated carbocycles. The van der Waals surface area contributed by atoms with Crippen LogP contribution >= 0.6 is 0 Å². The Morgan fingerprint density at radius 1 is 0.939 bits per heavy atom. The van der Waals surface area contributed by atoms with Gasteiger partial charge in [0.25, 0.3) is 0 Å². The standard InChI is InChI=1S/C23H29N3O6S/c1-16(23(28)24-19-13-20(31-3)15-21(14-19)32-4)25-9-11-26(12-10-25)33(29,30)22-7-5-18(6-8-22)17(2)27/h5-8,13-16H,9-12H2,1-4H3,(H,24,28)/t16-/m1/s1. The van der Waals surface area contributed by atoms with E-state index in [0.717, 1.165) is 0 Å². The number of ether oxygens (including phenoxy) is 2. The predicted molar refractivity (Wildman–Crippen MR) is 124 cm³/mol. The zero-order valence-electron chi connectivity index (χ0n) is 19.2. The number of carbonyl (C=O) groups is 2. The van der Waals surface area contributed by atoms with E-state index in [1.807, 2.05) is 4.90 Å². The molecule has 1 N–H and O–H groups in total. The molecule has 1 amide bonds. The SMILES string of the molecule is COc1cc(NC(=O)[C@@H](C)N2CCN(S(=O)(=O)c3ccc(C(C)=O)cc3)CC2)cc(OC)c1. The van der Waals surface area contributed by atoms with Crippen molar-refractivity contribution in [2.24, 2.45) is 0 Å². The van der Waals surface area contributed by atoms with Crippen molar-refractivity contribution in [1.82, 2.24) is 9.21 Å². The van der Waals surface area contributed by atoms with Crippen LogP contribution in [0, 0.1) is 0 Å². The fourth-order valence-electron chi connectivity index (χ4n) is 3.63. The lowest BCUT2D eigenvalue weighted by molar-refractivity contribution is -0.121. The number of sulfonamides is 1. The summed E-state index contributed by atoms with van der Waals surface area (Å²) < 4.78 is 37.8. The topological polar surface area (TPSA) is 105 Å². The van der Waals surface area contributed by atoms with Gasteiger partial charge in [0.15, 0.2) is 5.78 Å². The first-order chi connectivity index (χ1) is 15.6. The average molecular weight is 476 g/mol. The average Bonchev–Trinajstić information content (AvgIpc) is 2.83. The molecule has 9 nitrogen and oxygen atoms in total. The van der Waals surface area contributed by atoms with E-state index in [-0.39, 0.29) is 29.7 Å². The maximum Gasteiger partial charge on any atom is 0.243 e. The monoisotopic (exact) mass is 475 g/mol. The molecule has 0 unspecified atom stereocenters. The summed E-state index contributed by atoms with van der Waals surface area (Å²) in [7, 11) is -0.599. The molecule has 1 heterocycles. The van der Waals surface area contributed by atoms with Crippen LogP contribution in [0.15, 0.2) is 47.4 Å². The number of hydrogen-bond donors (Lipinski definition) is 1. The molecule has 0 spiro atoms. The molecule has 1 aliphatic heterocycles. The number of benzene rings is 2. The highest BCUT2D eigenvalue weighted by atomic mass is 32.2. The Kier molecular flexibility index (Phi) is 7.72. The van der Waals surface area contributed by atoms with Gasteiger partial charge in [-0.05, 0) is 26.0 Å². The molecule has 33 heavy (non-hydrogen) atoms.